The fraction of sp³-hybridized carbons (Fsp3) is 0.455. The van der Waals surface area contributed by atoms with Gasteiger partial charge in [-0.3, -0.25) is 4.79 Å². The van der Waals surface area contributed by atoms with Crippen LogP contribution in [0.4, 0.5) is 0 Å². The van der Waals surface area contributed by atoms with E-state index in [4.69, 9.17) is 4.74 Å². The van der Waals surface area contributed by atoms with E-state index >= 15 is 0 Å². The number of ether oxygens (including phenoxy) is 1. The minimum Gasteiger partial charge on any atom is -0.497 e. The lowest BCUT2D eigenvalue weighted by atomic mass is 10.1. The predicted octanol–water partition coefficient (Wildman–Crippen LogP) is 4.16. The van der Waals surface area contributed by atoms with Crippen molar-refractivity contribution in [2.75, 3.05) is 27.7 Å². The van der Waals surface area contributed by atoms with E-state index in [1.807, 2.05) is 44.4 Å². The highest BCUT2D eigenvalue weighted by molar-refractivity contribution is 7.99. The van der Waals surface area contributed by atoms with Gasteiger partial charge in [-0.05, 0) is 56.8 Å². The van der Waals surface area contributed by atoms with Crippen LogP contribution in [0, 0.1) is 0 Å². The van der Waals surface area contributed by atoms with Crippen molar-refractivity contribution in [3.05, 3.63) is 53.7 Å². The Hall–Kier alpha value is -2.05. The zero-order valence-electron chi connectivity index (χ0n) is 16.9. The standard InChI is InChI=1S/C22H29N3O2S/c1-25(2)20(16-8-6-9-17(14-16)27-3)15-24-21(26)19-12-7-13-23-22(19)28-18-10-4-5-11-18/h6-9,12-14,18,20H,4-5,10-11,15H2,1-3H3,(H,24,26). The van der Waals surface area contributed by atoms with Crippen LogP contribution in [-0.4, -0.2) is 48.8 Å². The Morgan fingerprint density at radius 1 is 1.29 bits per heavy atom. The van der Waals surface area contributed by atoms with Crippen LogP contribution in [0.25, 0.3) is 0 Å². The van der Waals surface area contributed by atoms with Crippen molar-refractivity contribution < 1.29 is 9.53 Å². The van der Waals surface area contributed by atoms with Crippen molar-refractivity contribution in [1.82, 2.24) is 15.2 Å². The summed E-state index contributed by atoms with van der Waals surface area (Å²) >= 11 is 1.75. The molecule has 1 aliphatic rings. The van der Waals surface area contributed by atoms with Gasteiger partial charge in [0.25, 0.3) is 5.91 Å². The average Bonchev–Trinajstić information content (AvgIpc) is 3.21. The maximum absolute atomic E-state index is 12.9. The first-order valence-electron chi connectivity index (χ1n) is 9.78. The molecule has 150 valence electrons. The lowest BCUT2D eigenvalue weighted by molar-refractivity contribution is 0.0938. The normalized spacial score (nSPS) is 15.6. The van der Waals surface area contributed by atoms with Gasteiger partial charge in [0.1, 0.15) is 10.8 Å². The Labute approximate surface area is 171 Å². The fourth-order valence-corrected chi connectivity index (χ4v) is 4.85. The van der Waals surface area contributed by atoms with E-state index < -0.39 is 0 Å². The van der Waals surface area contributed by atoms with Crippen molar-refractivity contribution in [1.29, 1.82) is 0 Å². The number of hydrogen-bond acceptors (Lipinski definition) is 5. The molecule has 0 radical (unpaired) electrons. The Balaban J connectivity index is 1.69. The molecule has 3 rings (SSSR count). The quantitative estimate of drug-likeness (QED) is 0.722. The second-order valence-electron chi connectivity index (χ2n) is 7.35. The molecule has 1 aliphatic carbocycles. The van der Waals surface area contributed by atoms with Gasteiger partial charge >= 0.3 is 0 Å². The molecule has 1 aromatic heterocycles. The fourth-order valence-electron chi connectivity index (χ4n) is 3.55. The molecule has 0 aliphatic heterocycles. The van der Waals surface area contributed by atoms with Crippen LogP contribution in [-0.2, 0) is 0 Å². The Morgan fingerprint density at radius 3 is 2.79 bits per heavy atom. The SMILES string of the molecule is COc1cccc(C(CNC(=O)c2cccnc2SC2CCCC2)N(C)C)c1. The first kappa shape index (κ1) is 20.7. The number of rotatable bonds is 8. The summed E-state index contributed by atoms with van der Waals surface area (Å²) in [7, 11) is 5.70. The lowest BCUT2D eigenvalue weighted by Crippen LogP contribution is -2.34. The summed E-state index contributed by atoms with van der Waals surface area (Å²) in [6.07, 6.45) is 6.74. The minimum atomic E-state index is -0.0663. The highest BCUT2D eigenvalue weighted by Crippen LogP contribution is 2.35. The first-order valence-corrected chi connectivity index (χ1v) is 10.7. The van der Waals surface area contributed by atoms with Crippen molar-refractivity contribution in [3.63, 3.8) is 0 Å². The zero-order valence-corrected chi connectivity index (χ0v) is 17.7. The van der Waals surface area contributed by atoms with Crippen molar-refractivity contribution in [2.24, 2.45) is 0 Å². The Morgan fingerprint density at radius 2 is 2.07 bits per heavy atom. The van der Waals surface area contributed by atoms with E-state index in [0.29, 0.717) is 17.4 Å². The molecule has 2 aromatic rings. The first-order chi connectivity index (χ1) is 13.6. The van der Waals surface area contributed by atoms with E-state index in [2.05, 4.69) is 21.3 Å². The summed E-state index contributed by atoms with van der Waals surface area (Å²) in [6.45, 7) is 0.515. The summed E-state index contributed by atoms with van der Waals surface area (Å²) in [5, 5.41) is 4.53. The molecule has 1 N–H and O–H groups in total. The third kappa shape index (κ3) is 5.26. The summed E-state index contributed by atoms with van der Waals surface area (Å²) in [4.78, 5) is 19.5. The molecule has 1 saturated carbocycles. The third-order valence-electron chi connectivity index (χ3n) is 5.15. The Kier molecular flexibility index (Phi) is 7.34. The maximum Gasteiger partial charge on any atom is 0.254 e. The van der Waals surface area contributed by atoms with Gasteiger partial charge in [-0.1, -0.05) is 25.0 Å². The summed E-state index contributed by atoms with van der Waals surface area (Å²) in [6, 6.07) is 11.7. The number of amides is 1. The largest absolute Gasteiger partial charge is 0.497 e. The molecule has 0 spiro atoms. The van der Waals surface area contributed by atoms with Gasteiger partial charge in [-0.25, -0.2) is 4.98 Å². The number of methoxy groups -OCH3 is 1. The second-order valence-corrected chi connectivity index (χ2v) is 8.64. The highest BCUT2D eigenvalue weighted by atomic mass is 32.2. The molecular formula is C22H29N3O2S. The molecule has 0 saturated heterocycles. The van der Waals surface area contributed by atoms with Crippen LogP contribution in [0.15, 0.2) is 47.6 Å². The van der Waals surface area contributed by atoms with Gasteiger partial charge < -0.3 is 15.0 Å². The molecule has 28 heavy (non-hydrogen) atoms. The number of hydrogen-bond donors (Lipinski definition) is 1. The van der Waals surface area contributed by atoms with Crippen LogP contribution in [0.2, 0.25) is 0 Å². The number of likely N-dealkylation sites (N-methyl/N-ethyl adjacent to an activating group) is 1. The van der Waals surface area contributed by atoms with Crippen molar-refractivity contribution in [2.45, 2.75) is 42.0 Å². The monoisotopic (exact) mass is 399 g/mol. The van der Waals surface area contributed by atoms with Gasteiger partial charge in [0.2, 0.25) is 0 Å². The van der Waals surface area contributed by atoms with Gasteiger partial charge in [0.05, 0.1) is 18.7 Å². The highest BCUT2D eigenvalue weighted by Gasteiger charge is 2.22. The number of aromatic nitrogens is 1. The average molecular weight is 400 g/mol. The molecule has 1 fully saturated rings. The molecule has 1 unspecified atom stereocenters. The number of carbonyl (C=O) groups is 1. The van der Waals surface area contributed by atoms with Gasteiger partial charge in [0, 0.05) is 18.0 Å². The van der Waals surface area contributed by atoms with Crippen molar-refractivity contribution >= 4 is 17.7 Å². The molecule has 6 heteroatoms. The Bertz CT molecular complexity index is 791. The van der Waals surface area contributed by atoms with E-state index in [-0.39, 0.29) is 11.9 Å². The topological polar surface area (TPSA) is 54.5 Å². The number of nitrogens with one attached hydrogen (secondary N) is 1. The predicted molar refractivity (Wildman–Crippen MR) is 114 cm³/mol. The van der Waals surface area contributed by atoms with Gasteiger partial charge in [-0.2, -0.15) is 0 Å². The molecule has 1 heterocycles. The molecule has 5 nitrogen and oxygen atoms in total. The van der Waals surface area contributed by atoms with E-state index in [0.717, 1.165) is 16.3 Å². The van der Waals surface area contributed by atoms with Crippen LogP contribution in [0.3, 0.4) is 0 Å². The molecular weight excluding hydrogens is 370 g/mol. The van der Waals surface area contributed by atoms with Crippen LogP contribution < -0.4 is 10.1 Å². The molecule has 1 aromatic carbocycles. The maximum atomic E-state index is 12.9. The van der Waals surface area contributed by atoms with Crippen molar-refractivity contribution in [3.8, 4) is 5.75 Å². The molecule has 0 bridgehead atoms. The second kappa shape index (κ2) is 9.94. The smallest absolute Gasteiger partial charge is 0.254 e. The number of pyridine rings is 1. The lowest BCUT2D eigenvalue weighted by Gasteiger charge is -2.25. The summed E-state index contributed by atoms with van der Waals surface area (Å²) in [5.41, 5.74) is 1.78. The minimum absolute atomic E-state index is 0.0571. The molecule has 1 atom stereocenters. The van der Waals surface area contributed by atoms with Gasteiger partial charge in [-0.15, -0.1) is 11.8 Å². The zero-order chi connectivity index (χ0) is 19.9. The van der Waals surface area contributed by atoms with E-state index in [1.165, 1.54) is 25.7 Å². The third-order valence-corrected chi connectivity index (χ3v) is 6.51. The van der Waals surface area contributed by atoms with E-state index in [9.17, 15) is 4.79 Å². The number of thioether (sulfide) groups is 1. The number of nitrogens with zero attached hydrogens (tertiary/aromatic N) is 2. The van der Waals surface area contributed by atoms with E-state index in [1.54, 1.807) is 25.1 Å². The van der Waals surface area contributed by atoms with Crippen LogP contribution in [0.5, 0.6) is 5.75 Å². The summed E-state index contributed by atoms with van der Waals surface area (Å²) < 4.78 is 5.34. The number of benzene rings is 1. The number of carbonyl (C=O) groups excluding carboxylic acids is 1. The summed E-state index contributed by atoms with van der Waals surface area (Å²) in [5.74, 6) is 0.751. The van der Waals surface area contributed by atoms with Crippen LogP contribution in [0.1, 0.15) is 47.6 Å². The molecule has 1 amide bonds. The van der Waals surface area contributed by atoms with Crippen LogP contribution >= 0.6 is 11.8 Å². The van der Waals surface area contributed by atoms with Gasteiger partial charge in [0.15, 0.2) is 0 Å².